The summed E-state index contributed by atoms with van der Waals surface area (Å²) in [4.78, 5) is 14.7. The number of carbonyl (C=O) groups excluding carboxylic acids is 1. The normalized spacial score (nSPS) is 22.7. The van der Waals surface area contributed by atoms with Crippen molar-refractivity contribution in [1.29, 1.82) is 0 Å². The van der Waals surface area contributed by atoms with E-state index >= 15 is 0 Å². The first-order valence-electron chi connectivity index (χ1n) is 8.61. The zero-order chi connectivity index (χ0) is 15.8. The van der Waals surface area contributed by atoms with E-state index in [1.807, 2.05) is 4.90 Å². The highest BCUT2D eigenvalue weighted by Gasteiger charge is 2.30. The van der Waals surface area contributed by atoms with Crippen LogP contribution >= 0.6 is 0 Å². The van der Waals surface area contributed by atoms with Crippen LogP contribution in [0.2, 0.25) is 0 Å². The van der Waals surface area contributed by atoms with E-state index in [2.05, 4.69) is 17.3 Å². The van der Waals surface area contributed by atoms with E-state index in [0.717, 1.165) is 56.0 Å². The minimum atomic E-state index is 0.217. The first kappa shape index (κ1) is 14.5. The molecule has 0 spiro atoms. The fourth-order valence-electron chi connectivity index (χ4n) is 3.70. The largest absolute Gasteiger partial charge is 0.368 e. The van der Waals surface area contributed by atoms with Crippen molar-refractivity contribution in [2.24, 2.45) is 5.92 Å². The Bertz CT molecular complexity index is 662. The Balaban J connectivity index is 1.35. The van der Waals surface area contributed by atoms with E-state index in [0.29, 0.717) is 11.8 Å². The number of likely N-dealkylation sites (tertiary alicyclic amines) is 1. The number of nitrogens with two attached hydrogens (primary N) is 1. The van der Waals surface area contributed by atoms with Crippen molar-refractivity contribution in [2.45, 2.75) is 44.4 Å². The standard InChI is InChI=1S/C18H23N3O2/c19-17-11-16(20-23-17)14-7-9-21(10-8-14)18(22)15-5-3-13(4-6-15)12-1-2-12/h3,5,11-12,14H,1-2,4,6-10,19H2. The first-order valence-corrected chi connectivity index (χ1v) is 8.61. The summed E-state index contributed by atoms with van der Waals surface area (Å²) in [6, 6.07) is 1.80. The number of hydrogen-bond acceptors (Lipinski definition) is 4. The number of amides is 1. The molecule has 122 valence electrons. The van der Waals surface area contributed by atoms with Gasteiger partial charge in [-0.1, -0.05) is 22.9 Å². The lowest BCUT2D eigenvalue weighted by atomic mass is 9.91. The summed E-state index contributed by atoms with van der Waals surface area (Å²) in [6.07, 6.45) is 10.7. The van der Waals surface area contributed by atoms with Gasteiger partial charge in [0.2, 0.25) is 11.8 Å². The molecule has 0 radical (unpaired) electrons. The Kier molecular flexibility index (Phi) is 3.71. The molecular formula is C18H23N3O2. The lowest BCUT2D eigenvalue weighted by molar-refractivity contribution is -0.128. The smallest absolute Gasteiger partial charge is 0.249 e. The number of anilines is 1. The maximum atomic E-state index is 12.7. The molecule has 1 aromatic heterocycles. The van der Waals surface area contributed by atoms with Gasteiger partial charge in [-0.15, -0.1) is 0 Å². The van der Waals surface area contributed by atoms with Gasteiger partial charge in [0.05, 0.1) is 5.69 Å². The van der Waals surface area contributed by atoms with Crippen LogP contribution in [0.4, 0.5) is 5.88 Å². The minimum absolute atomic E-state index is 0.217. The third kappa shape index (κ3) is 3.05. The number of allylic oxidation sites excluding steroid dienone is 3. The molecule has 2 fully saturated rings. The van der Waals surface area contributed by atoms with Crippen LogP contribution in [0.5, 0.6) is 0 Å². The van der Waals surface area contributed by atoms with Crippen molar-refractivity contribution in [2.75, 3.05) is 18.8 Å². The van der Waals surface area contributed by atoms with Crippen molar-refractivity contribution in [3.8, 4) is 0 Å². The molecule has 23 heavy (non-hydrogen) atoms. The summed E-state index contributed by atoms with van der Waals surface area (Å²) in [5.74, 6) is 1.74. The number of hydrogen-bond donors (Lipinski definition) is 1. The number of rotatable bonds is 3. The molecular weight excluding hydrogens is 290 g/mol. The Morgan fingerprint density at radius 2 is 1.91 bits per heavy atom. The van der Waals surface area contributed by atoms with Crippen molar-refractivity contribution < 1.29 is 9.32 Å². The van der Waals surface area contributed by atoms with Crippen LogP contribution in [0.25, 0.3) is 0 Å². The molecule has 1 aliphatic heterocycles. The summed E-state index contributed by atoms with van der Waals surface area (Å²) in [6.45, 7) is 1.57. The van der Waals surface area contributed by atoms with Gasteiger partial charge in [0.15, 0.2) is 0 Å². The zero-order valence-electron chi connectivity index (χ0n) is 13.3. The highest BCUT2D eigenvalue weighted by Crippen LogP contribution is 2.40. The predicted molar refractivity (Wildman–Crippen MR) is 87.6 cm³/mol. The molecule has 1 saturated heterocycles. The van der Waals surface area contributed by atoms with Crippen molar-refractivity contribution in [3.05, 3.63) is 35.1 Å². The van der Waals surface area contributed by atoms with Crippen LogP contribution in [-0.4, -0.2) is 29.1 Å². The summed E-state index contributed by atoms with van der Waals surface area (Å²) >= 11 is 0. The molecule has 2 aliphatic carbocycles. The van der Waals surface area contributed by atoms with Crippen LogP contribution in [0.15, 0.2) is 33.9 Å². The van der Waals surface area contributed by atoms with Gasteiger partial charge >= 0.3 is 0 Å². The Labute approximate surface area is 136 Å². The molecule has 0 aromatic carbocycles. The van der Waals surface area contributed by atoms with Crippen molar-refractivity contribution in [3.63, 3.8) is 0 Å². The Morgan fingerprint density at radius 3 is 2.48 bits per heavy atom. The lowest BCUT2D eigenvalue weighted by Gasteiger charge is -2.32. The van der Waals surface area contributed by atoms with Crippen LogP contribution < -0.4 is 5.73 Å². The Morgan fingerprint density at radius 1 is 1.13 bits per heavy atom. The summed E-state index contributed by atoms with van der Waals surface area (Å²) in [7, 11) is 0. The van der Waals surface area contributed by atoms with Gasteiger partial charge in [-0.25, -0.2) is 0 Å². The monoisotopic (exact) mass is 313 g/mol. The molecule has 2 N–H and O–H groups in total. The van der Waals surface area contributed by atoms with E-state index in [9.17, 15) is 4.79 Å². The van der Waals surface area contributed by atoms with Crippen molar-refractivity contribution >= 4 is 11.8 Å². The van der Waals surface area contributed by atoms with E-state index in [1.165, 1.54) is 12.8 Å². The number of piperidine rings is 1. The zero-order valence-corrected chi connectivity index (χ0v) is 13.3. The Hall–Kier alpha value is -2.04. The molecule has 1 aromatic rings. The van der Waals surface area contributed by atoms with Crippen LogP contribution in [-0.2, 0) is 4.79 Å². The van der Waals surface area contributed by atoms with Gasteiger partial charge in [-0.2, -0.15) is 0 Å². The van der Waals surface area contributed by atoms with Crippen LogP contribution in [0, 0.1) is 5.92 Å². The van der Waals surface area contributed by atoms with E-state index < -0.39 is 0 Å². The molecule has 1 amide bonds. The molecule has 4 rings (SSSR count). The molecule has 1 saturated carbocycles. The summed E-state index contributed by atoms with van der Waals surface area (Å²) < 4.78 is 4.95. The second kappa shape index (κ2) is 5.87. The van der Waals surface area contributed by atoms with Gasteiger partial charge in [0.25, 0.3) is 0 Å². The molecule has 0 unspecified atom stereocenters. The third-order valence-corrected chi connectivity index (χ3v) is 5.31. The van der Waals surface area contributed by atoms with Crippen LogP contribution in [0.3, 0.4) is 0 Å². The number of carbonyl (C=O) groups is 1. The van der Waals surface area contributed by atoms with Crippen molar-refractivity contribution in [1.82, 2.24) is 10.1 Å². The average molecular weight is 313 g/mol. The molecule has 0 bridgehead atoms. The second-order valence-corrected chi connectivity index (χ2v) is 6.93. The van der Waals surface area contributed by atoms with Crippen LogP contribution in [0.1, 0.15) is 50.1 Å². The topological polar surface area (TPSA) is 72.4 Å². The number of aromatic nitrogens is 1. The van der Waals surface area contributed by atoms with Gasteiger partial charge < -0.3 is 15.2 Å². The quantitative estimate of drug-likeness (QED) is 0.931. The van der Waals surface area contributed by atoms with E-state index in [-0.39, 0.29) is 5.91 Å². The molecule has 2 heterocycles. The number of nitrogens with zero attached hydrogens (tertiary/aromatic N) is 2. The molecule has 0 atom stereocenters. The minimum Gasteiger partial charge on any atom is -0.368 e. The summed E-state index contributed by atoms with van der Waals surface area (Å²) in [5.41, 5.74) is 9.02. The van der Waals surface area contributed by atoms with Gasteiger partial charge in [-0.3, -0.25) is 4.79 Å². The SMILES string of the molecule is Nc1cc(C2CCN(C(=O)C3=CC=C(C4CC4)CC3)CC2)no1. The first-order chi connectivity index (χ1) is 11.2. The fourth-order valence-corrected chi connectivity index (χ4v) is 3.70. The second-order valence-electron chi connectivity index (χ2n) is 6.93. The van der Waals surface area contributed by atoms with Gasteiger partial charge in [0.1, 0.15) is 0 Å². The van der Waals surface area contributed by atoms with E-state index in [4.69, 9.17) is 10.3 Å². The van der Waals surface area contributed by atoms with Gasteiger partial charge in [0, 0.05) is 30.6 Å². The highest BCUT2D eigenvalue weighted by molar-refractivity contribution is 5.94. The summed E-state index contributed by atoms with van der Waals surface area (Å²) in [5, 5.41) is 4.01. The maximum absolute atomic E-state index is 12.7. The highest BCUT2D eigenvalue weighted by atomic mass is 16.5. The number of nitrogen functional groups attached to an aromatic ring is 1. The average Bonchev–Trinajstić information content (AvgIpc) is 3.36. The van der Waals surface area contributed by atoms with Gasteiger partial charge in [-0.05, 0) is 44.4 Å². The maximum Gasteiger partial charge on any atom is 0.249 e. The fraction of sp³-hybridized carbons (Fsp3) is 0.556. The molecule has 5 nitrogen and oxygen atoms in total. The third-order valence-electron chi connectivity index (χ3n) is 5.31. The molecule has 3 aliphatic rings. The lowest BCUT2D eigenvalue weighted by Crippen LogP contribution is -2.39. The molecule has 5 heteroatoms. The predicted octanol–water partition coefficient (Wildman–Crippen LogP) is 3.02. The van der Waals surface area contributed by atoms with E-state index in [1.54, 1.807) is 11.6 Å².